The maximum absolute atomic E-state index is 3.44. The predicted octanol–water partition coefficient (Wildman–Crippen LogP) is 2.29. The molecule has 0 aliphatic carbocycles. The van der Waals surface area contributed by atoms with Crippen molar-refractivity contribution in [3.63, 3.8) is 0 Å². The van der Waals surface area contributed by atoms with Crippen LogP contribution in [0.5, 0.6) is 0 Å². The van der Waals surface area contributed by atoms with Crippen molar-refractivity contribution in [2.24, 2.45) is 0 Å². The van der Waals surface area contributed by atoms with Gasteiger partial charge in [0.25, 0.3) is 0 Å². The third kappa shape index (κ3) is 3.31. The molecule has 2 aliphatic rings. The Labute approximate surface area is 129 Å². The minimum atomic E-state index is 0.607. The highest BCUT2D eigenvalue weighted by Crippen LogP contribution is 2.30. The second-order valence-corrected chi connectivity index (χ2v) is 6.41. The zero-order valence-electron chi connectivity index (χ0n) is 13.5. The Morgan fingerprint density at radius 1 is 1.10 bits per heavy atom. The van der Waals surface area contributed by atoms with Gasteiger partial charge in [0, 0.05) is 51.4 Å². The molecule has 3 rings (SSSR count). The van der Waals surface area contributed by atoms with Gasteiger partial charge in [-0.05, 0) is 24.0 Å². The maximum Gasteiger partial charge on any atom is 0.0351 e. The largest absolute Gasteiger partial charge is 0.314 e. The number of aryl methyl sites for hydroxylation is 1. The van der Waals surface area contributed by atoms with Crippen LogP contribution in [0.4, 0.5) is 0 Å². The lowest BCUT2D eigenvalue weighted by molar-refractivity contribution is -0.00233. The first kappa shape index (κ1) is 15.0. The van der Waals surface area contributed by atoms with Gasteiger partial charge in [0.05, 0.1) is 0 Å². The summed E-state index contributed by atoms with van der Waals surface area (Å²) in [5.41, 5.74) is 2.93. The smallest absolute Gasteiger partial charge is 0.0351 e. The Balaban J connectivity index is 1.57. The maximum atomic E-state index is 3.44. The summed E-state index contributed by atoms with van der Waals surface area (Å²) in [6, 6.07) is 10.7. The second kappa shape index (κ2) is 6.91. The van der Waals surface area contributed by atoms with E-state index in [-0.39, 0.29) is 0 Å². The zero-order valence-corrected chi connectivity index (χ0v) is 13.5. The molecule has 3 nitrogen and oxygen atoms in total. The summed E-state index contributed by atoms with van der Waals surface area (Å²) >= 11 is 0. The summed E-state index contributed by atoms with van der Waals surface area (Å²) in [6.07, 6.45) is 2.34. The van der Waals surface area contributed by atoms with Gasteiger partial charge in [-0.1, -0.05) is 38.1 Å². The molecule has 2 aliphatic heterocycles. The summed E-state index contributed by atoms with van der Waals surface area (Å²) in [4.78, 5) is 5.33. The molecule has 1 aromatic carbocycles. The van der Waals surface area contributed by atoms with Crippen LogP contribution in [-0.2, 0) is 6.42 Å². The molecule has 0 saturated carbocycles. The van der Waals surface area contributed by atoms with Gasteiger partial charge in [0.1, 0.15) is 0 Å². The molecule has 2 fully saturated rings. The predicted molar refractivity (Wildman–Crippen MR) is 88.7 cm³/mol. The van der Waals surface area contributed by atoms with Crippen LogP contribution in [0.1, 0.15) is 37.4 Å². The number of hydrogen-bond donors (Lipinski definition) is 1. The van der Waals surface area contributed by atoms with Crippen LogP contribution in [0.3, 0.4) is 0 Å². The number of piperazine rings is 1. The lowest BCUT2D eigenvalue weighted by Gasteiger charge is -2.50. The number of likely N-dealkylation sites (tertiary alicyclic amines) is 1. The fourth-order valence-corrected chi connectivity index (χ4v) is 3.70. The van der Waals surface area contributed by atoms with Gasteiger partial charge in [-0.25, -0.2) is 0 Å². The van der Waals surface area contributed by atoms with Crippen molar-refractivity contribution < 1.29 is 0 Å². The van der Waals surface area contributed by atoms with Gasteiger partial charge >= 0.3 is 0 Å². The number of hydrogen-bond acceptors (Lipinski definition) is 3. The number of benzene rings is 1. The molecule has 2 heterocycles. The minimum Gasteiger partial charge on any atom is -0.314 e. The summed E-state index contributed by atoms with van der Waals surface area (Å²) in [6.45, 7) is 11.8. The van der Waals surface area contributed by atoms with E-state index in [4.69, 9.17) is 0 Å². The van der Waals surface area contributed by atoms with Crippen LogP contribution in [0, 0.1) is 0 Å². The first-order valence-electron chi connectivity index (χ1n) is 8.59. The third-order valence-electron chi connectivity index (χ3n) is 5.16. The monoisotopic (exact) mass is 287 g/mol. The summed E-state index contributed by atoms with van der Waals surface area (Å²) in [5.74, 6) is 0. The van der Waals surface area contributed by atoms with E-state index in [1.807, 2.05) is 0 Å². The van der Waals surface area contributed by atoms with E-state index in [9.17, 15) is 0 Å². The molecule has 1 unspecified atom stereocenters. The second-order valence-electron chi connectivity index (χ2n) is 6.41. The summed E-state index contributed by atoms with van der Waals surface area (Å²) in [5, 5.41) is 3.44. The number of rotatable bonds is 5. The van der Waals surface area contributed by atoms with Crippen molar-refractivity contribution in [3.05, 3.63) is 35.4 Å². The molecule has 0 amide bonds. The zero-order chi connectivity index (χ0) is 14.7. The molecule has 1 atom stereocenters. The Bertz CT molecular complexity index is 430. The molecule has 2 saturated heterocycles. The Morgan fingerprint density at radius 3 is 2.33 bits per heavy atom. The first-order chi connectivity index (χ1) is 10.3. The summed E-state index contributed by atoms with van der Waals surface area (Å²) in [7, 11) is 0. The molecule has 1 N–H and O–H groups in total. The lowest BCUT2D eigenvalue weighted by Crippen LogP contribution is -2.63. The lowest BCUT2D eigenvalue weighted by atomic mass is 9.95. The van der Waals surface area contributed by atoms with E-state index >= 15 is 0 Å². The molecule has 0 bridgehead atoms. The topological polar surface area (TPSA) is 18.5 Å². The van der Waals surface area contributed by atoms with E-state index in [0.29, 0.717) is 6.04 Å². The number of nitrogens with zero attached hydrogens (tertiary/aromatic N) is 2. The van der Waals surface area contributed by atoms with Crippen LogP contribution in [0.2, 0.25) is 0 Å². The van der Waals surface area contributed by atoms with E-state index < -0.39 is 0 Å². The molecule has 1 aromatic rings. The van der Waals surface area contributed by atoms with E-state index in [0.717, 1.165) is 25.6 Å². The molecule has 0 radical (unpaired) electrons. The molecule has 21 heavy (non-hydrogen) atoms. The SMILES string of the molecule is CCc1ccc(C(CC)N2CC(N3CCNCC3)C2)cc1. The highest BCUT2D eigenvalue weighted by molar-refractivity contribution is 5.25. The standard InChI is InChI=1S/C18H29N3/c1-3-15-5-7-16(8-6-15)18(4-2)21-13-17(14-21)20-11-9-19-10-12-20/h5-8,17-19H,3-4,9-14H2,1-2H3. The van der Waals surface area contributed by atoms with Gasteiger partial charge < -0.3 is 5.32 Å². The number of nitrogens with one attached hydrogen (secondary N) is 1. The highest BCUT2D eigenvalue weighted by Gasteiger charge is 2.35. The quantitative estimate of drug-likeness (QED) is 0.896. The molecular weight excluding hydrogens is 258 g/mol. The Morgan fingerprint density at radius 2 is 1.76 bits per heavy atom. The van der Waals surface area contributed by atoms with Crippen molar-refractivity contribution in [3.8, 4) is 0 Å². The fraction of sp³-hybridized carbons (Fsp3) is 0.667. The van der Waals surface area contributed by atoms with Crippen molar-refractivity contribution in [1.82, 2.24) is 15.1 Å². The van der Waals surface area contributed by atoms with Gasteiger partial charge in [0.2, 0.25) is 0 Å². The molecule has 0 aromatic heterocycles. The van der Waals surface area contributed by atoms with Crippen LogP contribution in [-0.4, -0.2) is 55.1 Å². The van der Waals surface area contributed by atoms with Crippen molar-refractivity contribution in [2.75, 3.05) is 39.3 Å². The average molecular weight is 287 g/mol. The molecular formula is C18H29N3. The van der Waals surface area contributed by atoms with Crippen molar-refractivity contribution >= 4 is 0 Å². The third-order valence-corrected chi connectivity index (χ3v) is 5.16. The Kier molecular flexibility index (Phi) is 4.94. The summed E-state index contributed by atoms with van der Waals surface area (Å²) < 4.78 is 0. The first-order valence-corrected chi connectivity index (χ1v) is 8.59. The van der Waals surface area contributed by atoms with E-state index in [1.54, 1.807) is 0 Å². The van der Waals surface area contributed by atoms with Crippen LogP contribution >= 0.6 is 0 Å². The van der Waals surface area contributed by atoms with Crippen molar-refractivity contribution in [2.45, 2.75) is 38.8 Å². The van der Waals surface area contributed by atoms with E-state index in [1.165, 1.54) is 43.7 Å². The average Bonchev–Trinajstić information content (AvgIpc) is 2.51. The molecule has 116 valence electrons. The minimum absolute atomic E-state index is 0.607. The van der Waals surface area contributed by atoms with Crippen LogP contribution < -0.4 is 5.32 Å². The van der Waals surface area contributed by atoms with Gasteiger partial charge in [0.15, 0.2) is 0 Å². The van der Waals surface area contributed by atoms with Crippen molar-refractivity contribution in [1.29, 1.82) is 0 Å². The van der Waals surface area contributed by atoms with Gasteiger partial charge in [-0.3, -0.25) is 9.80 Å². The molecule has 3 heteroatoms. The fourth-order valence-electron chi connectivity index (χ4n) is 3.70. The van der Waals surface area contributed by atoms with E-state index in [2.05, 4.69) is 53.2 Å². The van der Waals surface area contributed by atoms with Crippen LogP contribution in [0.25, 0.3) is 0 Å². The van der Waals surface area contributed by atoms with Gasteiger partial charge in [-0.15, -0.1) is 0 Å². The van der Waals surface area contributed by atoms with Crippen LogP contribution in [0.15, 0.2) is 24.3 Å². The Hall–Kier alpha value is -0.900. The van der Waals surface area contributed by atoms with Gasteiger partial charge in [-0.2, -0.15) is 0 Å². The highest BCUT2D eigenvalue weighted by atomic mass is 15.3. The normalized spacial score (nSPS) is 23.0. The molecule has 0 spiro atoms.